The first-order valence-electron chi connectivity index (χ1n) is 7.84. The van der Waals surface area contributed by atoms with E-state index in [9.17, 15) is 4.79 Å². The Hall–Kier alpha value is -1.34. The van der Waals surface area contributed by atoms with Gasteiger partial charge in [0.25, 0.3) is 5.91 Å². The molecule has 140 valence electrons. The number of halogens is 2. The number of nitrogens with two attached hydrogens (primary N) is 1. The topological polar surface area (TPSA) is 77.2 Å². The second kappa shape index (κ2) is 12.1. The number of nitrogens with one attached hydrogen (secondary N) is 1. The number of hydrogen-bond donors (Lipinski definition) is 2. The predicted octanol–water partition coefficient (Wildman–Crippen LogP) is 3.83. The summed E-state index contributed by atoms with van der Waals surface area (Å²) in [6.07, 6.45) is 1.81. The summed E-state index contributed by atoms with van der Waals surface area (Å²) in [6.45, 7) is 5.76. The first-order valence-corrected chi connectivity index (χ1v) is 8.66. The molecule has 0 fully saturated rings. The van der Waals surface area contributed by atoms with E-state index >= 15 is 0 Å². The second-order valence-corrected chi connectivity index (χ2v) is 6.14. The normalized spacial score (nSPS) is 9.72. The molecule has 8 heteroatoms. The molecule has 0 atom stereocenters. The number of amides is 1. The summed E-state index contributed by atoms with van der Waals surface area (Å²) in [4.78, 5) is 17.4. The number of aromatic nitrogens is 1. The maximum atomic E-state index is 12.2. The van der Waals surface area contributed by atoms with E-state index in [0.29, 0.717) is 24.6 Å². The SMILES string of the molecule is CCOc1ccc(-c2nc(C)c(C(=O)NCCCCN)s2)cc1.Cl.Cl. The lowest BCUT2D eigenvalue weighted by Gasteiger charge is -2.03. The van der Waals surface area contributed by atoms with Gasteiger partial charge >= 0.3 is 0 Å². The van der Waals surface area contributed by atoms with E-state index in [0.717, 1.165) is 34.9 Å². The molecule has 5 nitrogen and oxygen atoms in total. The monoisotopic (exact) mass is 405 g/mol. The van der Waals surface area contributed by atoms with Crippen molar-refractivity contribution in [2.45, 2.75) is 26.7 Å². The van der Waals surface area contributed by atoms with Crippen molar-refractivity contribution >= 4 is 42.1 Å². The molecule has 0 bridgehead atoms. The van der Waals surface area contributed by atoms with Gasteiger partial charge in [0.15, 0.2) is 0 Å². The van der Waals surface area contributed by atoms with Crippen molar-refractivity contribution in [2.75, 3.05) is 19.7 Å². The first kappa shape index (κ1) is 23.7. The van der Waals surface area contributed by atoms with E-state index in [1.54, 1.807) is 0 Å². The lowest BCUT2D eigenvalue weighted by molar-refractivity contribution is 0.0956. The third kappa shape index (κ3) is 6.82. The molecule has 0 unspecified atom stereocenters. The second-order valence-electron chi connectivity index (χ2n) is 5.14. The molecule has 0 aliphatic carbocycles. The fourth-order valence-electron chi connectivity index (χ4n) is 2.14. The zero-order valence-corrected chi connectivity index (χ0v) is 16.9. The number of ether oxygens (including phenoxy) is 1. The summed E-state index contributed by atoms with van der Waals surface area (Å²) in [7, 11) is 0. The molecule has 0 saturated carbocycles. The minimum Gasteiger partial charge on any atom is -0.494 e. The Balaban J connectivity index is 0.00000288. The molecule has 0 aliphatic rings. The minimum atomic E-state index is -0.0609. The molecule has 1 amide bonds. The minimum absolute atomic E-state index is 0. The summed E-state index contributed by atoms with van der Waals surface area (Å²) in [6, 6.07) is 7.77. The van der Waals surface area contributed by atoms with E-state index < -0.39 is 0 Å². The van der Waals surface area contributed by atoms with Crippen LogP contribution < -0.4 is 15.8 Å². The third-order valence-electron chi connectivity index (χ3n) is 3.33. The van der Waals surface area contributed by atoms with E-state index in [2.05, 4.69) is 10.3 Å². The number of rotatable bonds is 8. The number of carbonyl (C=O) groups excluding carboxylic acids is 1. The van der Waals surface area contributed by atoms with Crippen LogP contribution in [-0.2, 0) is 0 Å². The largest absolute Gasteiger partial charge is 0.494 e. The van der Waals surface area contributed by atoms with Crippen LogP contribution in [0.1, 0.15) is 35.1 Å². The highest BCUT2D eigenvalue weighted by Gasteiger charge is 2.15. The van der Waals surface area contributed by atoms with Gasteiger partial charge in [-0.15, -0.1) is 36.2 Å². The van der Waals surface area contributed by atoms with Crippen molar-refractivity contribution in [2.24, 2.45) is 5.73 Å². The van der Waals surface area contributed by atoms with Crippen LogP contribution in [0, 0.1) is 6.92 Å². The molecule has 1 aromatic heterocycles. The molecular formula is C17H25Cl2N3O2S. The summed E-state index contributed by atoms with van der Waals surface area (Å²) in [5, 5.41) is 3.77. The lowest BCUT2D eigenvalue weighted by Crippen LogP contribution is -2.24. The molecule has 0 saturated heterocycles. The van der Waals surface area contributed by atoms with Gasteiger partial charge in [0.1, 0.15) is 15.6 Å². The average molecular weight is 406 g/mol. The van der Waals surface area contributed by atoms with E-state index in [4.69, 9.17) is 10.5 Å². The van der Waals surface area contributed by atoms with Crippen LogP contribution in [-0.4, -0.2) is 30.6 Å². The van der Waals surface area contributed by atoms with E-state index in [1.165, 1.54) is 11.3 Å². The summed E-state index contributed by atoms with van der Waals surface area (Å²) < 4.78 is 5.44. The zero-order valence-electron chi connectivity index (χ0n) is 14.4. The summed E-state index contributed by atoms with van der Waals surface area (Å²) in [5.74, 6) is 0.775. The molecule has 0 spiro atoms. The highest BCUT2D eigenvalue weighted by Crippen LogP contribution is 2.29. The van der Waals surface area contributed by atoms with E-state index in [1.807, 2.05) is 38.1 Å². The van der Waals surface area contributed by atoms with Gasteiger partial charge in [-0.2, -0.15) is 0 Å². The van der Waals surface area contributed by atoms with Gasteiger partial charge in [-0.05, 0) is 57.5 Å². The Labute approximate surface area is 165 Å². The highest BCUT2D eigenvalue weighted by atomic mass is 35.5. The van der Waals surface area contributed by atoms with Crippen LogP contribution in [0.2, 0.25) is 0 Å². The van der Waals surface area contributed by atoms with Crippen LogP contribution in [0.5, 0.6) is 5.75 Å². The molecule has 1 heterocycles. The molecule has 0 radical (unpaired) electrons. The first-order chi connectivity index (χ1) is 11.2. The molecular weight excluding hydrogens is 381 g/mol. The number of thiazole rings is 1. The van der Waals surface area contributed by atoms with Crippen LogP contribution in [0.15, 0.2) is 24.3 Å². The molecule has 1 aromatic carbocycles. The average Bonchev–Trinajstić information content (AvgIpc) is 2.94. The molecule has 3 N–H and O–H groups in total. The van der Waals surface area contributed by atoms with Crippen LogP contribution >= 0.6 is 36.2 Å². The van der Waals surface area contributed by atoms with Gasteiger partial charge in [0, 0.05) is 12.1 Å². The fraction of sp³-hybridized carbons (Fsp3) is 0.412. The zero-order chi connectivity index (χ0) is 16.7. The third-order valence-corrected chi connectivity index (χ3v) is 4.54. The van der Waals surface area contributed by atoms with Crippen LogP contribution in [0.3, 0.4) is 0 Å². The number of hydrogen-bond acceptors (Lipinski definition) is 5. The van der Waals surface area contributed by atoms with Gasteiger partial charge < -0.3 is 15.8 Å². The predicted molar refractivity (Wildman–Crippen MR) is 109 cm³/mol. The fourth-order valence-corrected chi connectivity index (χ4v) is 3.13. The van der Waals surface area contributed by atoms with Crippen LogP contribution in [0.25, 0.3) is 10.6 Å². The van der Waals surface area contributed by atoms with Crippen molar-refractivity contribution in [3.8, 4) is 16.3 Å². The smallest absolute Gasteiger partial charge is 0.263 e. The maximum Gasteiger partial charge on any atom is 0.263 e. The van der Waals surface area contributed by atoms with Gasteiger partial charge in [-0.1, -0.05) is 0 Å². The quantitative estimate of drug-likeness (QED) is 0.654. The van der Waals surface area contributed by atoms with Crippen molar-refractivity contribution in [3.63, 3.8) is 0 Å². The van der Waals surface area contributed by atoms with Crippen molar-refractivity contribution in [3.05, 3.63) is 34.8 Å². The van der Waals surface area contributed by atoms with Gasteiger partial charge in [-0.3, -0.25) is 4.79 Å². The molecule has 2 rings (SSSR count). The number of nitrogens with zero attached hydrogens (tertiary/aromatic N) is 1. The van der Waals surface area contributed by atoms with Crippen molar-refractivity contribution in [1.29, 1.82) is 0 Å². The Morgan fingerprint density at radius 1 is 1.24 bits per heavy atom. The number of aryl methyl sites for hydroxylation is 1. The highest BCUT2D eigenvalue weighted by molar-refractivity contribution is 7.17. The Kier molecular flexibility index (Phi) is 11.4. The van der Waals surface area contributed by atoms with Crippen molar-refractivity contribution < 1.29 is 9.53 Å². The van der Waals surface area contributed by atoms with Gasteiger partial charge in [0.2, 0.25) is 0 Å². The Morgan fingerprint density at radius 2 is 1.92 bits per heavy atom. The number of unbranched alkanes of at least 4 members (excludes halogenated alkanes) is 1. The Bertz CT molecular complexity index is 648. The standard InChI is InChI=1S/C17H23N3O2S.2ClH/c1-3-22-14-8-6-13(7-9-14)17-20-12(2)15(23-17)16(21)19-11-5-4-10-18;;/h6-9H,3-5,10-11,18H2,1-2H3,(H,19,21);2*1H. The number of benzene rings is 1. The maximum absolute atomic E-state index is 12.2. The van der Waals surface area contributed by atoms with Crippen LogP contribution in [0.4, 0.5) is 0 Å². The molecule has 2 aromatic rings. The van der Waals surface area contributed by atoms with Gasteiger partial charge in [0.05, 0.1) is 12.3 Å². The van der Waals surface area contributed by atoms with Gasteiger partial charge in [-0.25, -0.2) is 4.98 Å². The van der Waals surface area contributed by atoms with E-state index in [-0.39, 0.29) is 30.7 Å². The summed E-state index contributed by atoms with van der Waals surface area (Å²) >= 11 is 1.42. The summed E-state index contributed by atoms with van der Waals surface area (Å²) in [5.41, 5.74) is 7.20. The number of carbonyl (C=O) groups is 1. The lowest BCUT2D eigenvalue weighted by atomic mass is 10.2. The Morgan fingerprint density at radius 3 is 2.52 bits per heavy atom. The molecule has 25 heavy (non-hydrogen) atoms. The molecule has 0 aliphatic heterocycles. The van der Waals surface area contributed by atoms with Crippen molar-refractivity contribution in [1.82, 2.24) is 10.3 Å².